The number of carbonyl (C=O) groups excluding carboxylic acids is 1. The molecule has 0 aliphatic carbocycles. The summed E-state index contributed by atoms with van der Waals surface area (Å²) in [5.74, 6) is 0.622. The van der Waals surface area contributed by atoms with Gasteiger partial charge in [-0.25, -0.2) is 0 Å². The molecule has 0 aromatic heterocycles. The zero-order chi connectivity index (χ0) is 14.0. The van der Waals surface area contributed by atoms with Crippen LogP contribution in [0.15, 0.2) is 0 Å². The van der Waals surface area contributed by atoms with Gasteiger partial charge in [0.2, 0.25) is 5.91 Å². The van der Waals surface area contributed by atoms with Crippen LogP contribution in [-0.4, -0.2) is 24.5 Å². The first-order valence-electron chi connectivity index (χ1n) is 7.51. The summed E-state index contributed by atoms with van der Waals surface area (Å²) in [7, 11) is 0. The molecule has 18 heavy (non-hydrogen) atoms. The Kier molecular flexibility index (Phi) is 10.0. The Morgan fingerprint density at radius 1 is 1.06 bits per heavy atom. The van der Waals surface area contributed by atoms with Crippen LogP contribution in [0.3, 0.4) is 0 Å². The maximum absolute atomic E-state index is 11.8. The molecule has 2 atom stereocenters. The van der Waals surface area contributed by atoms with Crippen LogP contribution < -0.4 is 10.6 Å². The fourth-order valence-corrected chi connectivity index (χ4v) is 1.92. The minimum absolute atomic E-state index is 0.0927. The van der Waals surface area contributed by atoms with Crippen molar-refractivity contribution in [2.45, 2.75) is 78.8 Å². The lowest BCUT2D eigenvalue weighted by Crippen LogP contribution is -2.46. The van der Waals surface area contributed by atoms with Crippen LogP contribution >= 0.6 is 0 Å². The van der Waals surface area contributed by atoms with Crippen molar-refractivity contribution in [3.8, 4) is 0 Å². The van der Waals surface area contributed by atoms with Gasteiger partial charge in [0.05, 0.1) is 6.04 Å². The molecule has 2 unspecified atom stereocenters. The van der Waals surface area contributed by atoms with E-state index in [0.717, 1.165) is 13.0 Å². The lowest BCUT2D eigenvalue weighted by molar-refractivity contribution is -0.123. The zero-order valence-corrected chi connectivity index (χ0v) is 12.9. The number of amides is 1. The van der Waals surface area contributed by atoms with E-state index in [0.29, 0.717) is 12.0 Å². The summed E-state index contributed by atoms with van der Waals surface area (Å²) in [4.78, 5) is 11.8. The maximum atomic E-state index is 11.8. The molecule has 0 bridgehead atoms. The van der Waals surface area contributed by atoms with Crippen LogP contribution in [0.25, 0.3) is 0 Å². The van der Waals surface area contributed by atoms with Crippen molar-refractivity contribution in [3.63, 3.8) is 0 Å². The van der Waals surface area contributed by atoms with E-state index in [1.54, 1.807) is 0 Å². The van der Waals surface area contributed by atoms with Crippen molar-refractivity contribution in [2.24, 2.45) is 5.92 Å². The third kappa shape index (κ3) is 9.46. The first-order chi connectivity index (χ1) is 8.47. The Balaban J connectivity index is 3.71. The molecule has 0 heterocycles. The van der Waals surface area contributed by atoms with Gasteiger partial charge in [-0.2, -0.15) is 0 Å². The summed E-state index contributed by atoms with van der Waals surface area (Å²) in [5.41, 5.74) is 0. The highest BCUT2D eigenvalue weighted by atomic mass is 16.2. The van der Waals surface area contributed by atoms with Gasteiger partial charge in [-0.15, -0.1) is 0 Å². The van der Waals surface area contributed by atoms with E-state index in [-0.39, 0.29) is 11.9 Å². The highest BCUT2D eigenvalue weighted by Crippen LogP contribution is 2.05. The van der Waals surface area contributed by atoms with Crippen LogP contribution in [0.2, 0.25) is 0 Å². The predicted octanol–water partition coefficient (Wildman–Crippen LogP) is 3.10. The molecule has 0 radical (unpaired) electrons. The molecule has 0 rings (SSSR count). The molecule has 1 amide bonds. The van der Waals surface area contributed by atoms with Crippen molar-refractivity contribution in [1.82, 2.24) is 10.6 Å². The molecule has 0 saturated heterocycles. The monoisotopic (exact) mass is 256 g/mol. The van der Waals surface area contributed by atoms with E-state index in [4.69, 9.17) is 0 Å². The summed E-state index contributed by atoms with van der Waals surface area (Å²) in [5, 5.41) is 6.33. The second-order valence-corrected chi connectivity index (χ2v) is 5.78. The third-order valence-electron chi connectivity index (χ3n) is 3.10. The van der Waals surface area contributed by atoms with Gasteiger partial charge in [0.15, 0.2) is 0 Å². The number of rotatable bonds is 10. The molecule has 108 valence electrons. The van der Waals surface area contributed by atoms with Gasteiger partial charge in [-0.05, 0) is 26.2 Å². The molecule has 3 nitrogen and oxygen atoms in total. The van der Waals surface area contributed by atoms with Crippen molar-refractivity contribution < 1.29 is 4.79 Å². The van der Waals surface area contributed by atoms with Gasteiger partial charge < -0.3 is 10.6 Å². The molecule has 0 fully saturated rings. The molecular weight excluding hydrogens is 224 g/mol. The summed E-state index contributed by atoms with van der Waals surface area (Å²) in [6, 6.07) is 0.326. The predicted molar refractivity (Wildman–Crippen MR) is 78.7 cm³/mol. The number of unbranched alkanes of at least 4 members (excludes halogenated alkanes) is 3. The largest absolute Gasteiger partial charge is 0.354 e. The molecule has 0 aliphatic rings. The first kappa shape index (κ1) is 17.4. The molecule has 0 aromatic rings. The number of hydrogen-bond donors (Lipinski definition) is 2. The van der Waals surface area contributed by atoms with Gasteiger partial charge in [0.1, 0.15) is 0 Å². The van der Waals surface area contributed by atoms with Crippen LogP contribution in [0.5, 0.6) is 0 Å². The summed E-state index contributed by atoms with van der Waals surface area (Å²) in [6.45, 7) is 11.3. The van der Waals surface area contributed by atoms with Crippen LogP contribution in [0.1, 0.15) is 66.7 Å². The SMILES string of the molecule is CCCCCCC(C)NC(C)C(=O)NCC(C)C. The topological polar surface area (TPSA) is 41.1 Å². The van der Waals surface area contributed by atoms with Crippen molar-refractivity contribution in [1.29, 1.82) is 0 Å². The number of nitrogens with one attached hydrogen (secondary N) is 2. The quantitative estimate of drug-likeness (QED) is 0.590. The lowest BCUT2D eigenvalue weighted by atomic mass is 10.1. The lowest BCUT2D eigenvalue weighted by Gasteiger charge is -2.20. The molecule has 3 heteroatoms. The Morgan fingerprint density at radius 2 is 1.72 bits per heavy atom. The normalized spacial score (nSPS) is 14.6. The Labute approximate surface area is 113 Å². The van der Waals surface area contributed by atoms with Gasteiger partial charge in [0, 0.05) is 12.6 Å². The van der Waals surface area contributed by atoms with Crippen LogP contribution in [-0.2, 0) is 4.79 Å². The van der Waals surface area contributed by atoms with Gasteiger partial charge in [-0.1, -0.05) is 46.5 Å². The molecule has 0 aliphatic heterocycles. The second-order valence-electron chi connectivity index (χ2n) is 5.78. The molecular formula is C15H32N2O. The molecule has 0 spiro atoms. The standard InChI is InChI=1S/C15H32N2O/c1-6-7-8-9-10-13(4)17-14(5)15(18)16-11-12(2)3/h12-14,17H,6-11H2,1-5H3,(H,16,18). The van der Waals surface area contributed by atoms with E-state index in [2.05, 4.69) is 38.3 Å². The summed E-state index contributed by atoms with van der Waals surface area (Å²) in [6.07, 6.45) is 6.30. The summed E-state index contributed by atoms with van der Waals surface area (Å²) >= 11 is 0. The van der Waals surface area contributed by atoms with Gasteiger partial charge in [0.25, 0.3) is 0 Å². The fourth-order valence-electron chi connectivity index (χ4n) is 1.92. The van der Waals surface area contributed by atoms with Crippen molar-refractivity contribution in [2.75, 3.05) is 6.54 Å². The minimum atomic E-state index is -0.0927. The average molecular weight is 256 g/mol. The molecule has 2 N–H and O–H groups in total. The number of carbonyl (C=O) groups is 1. The van der Waals surface area contributed by atoms with E-state index >= 15 is 0 Å². The van der Waals surface area contributed by atoms with E-state index in [1.807, 2.05) is 6.92 Å². The molecule has 0 aromatic carbocycles. The Morgan fingerprint density at radius 3 is 2.28 bits per heavy atom. The second kappa shape index (κ2) is 10.4. The van der Waals surface area contributed by atoms with E-state index in [9.17, 15) is 4.79 Å². The van der Waals surface area contributed by atoms with E-state index < -0.39 is 0 Å². The first-order valence-corrected chi connectivity index (χ1v) is 7.51. The maximum Gasteiger partial charge on any atom is 0.236 e. The van der Waals surface area contributed by atoms with Crippen molar-refractivity contribution in [3.05, 3.63) is 0 Å². The van der Waals surface area contributed by atoms with E-state index in [1.165, 1.54) is 25.7 Å². The zero-order valence-electron chi connectivity index (χ0n) is 12.9. The van der Waals surface area contributed by atoms with Crippen molar-refractivity contribution >= 4 is 5.91 Å². The minimum Gasteiger partial charge on any atom is -0.354 e. The van der Waals surface area contributed by atoms with Gasteiger partial charge >= 0.3 is 0 Å². The highest BCUT2D eigenvalue weighted by molar-refractivity contribution is 5.81. The Hall–Kier alpha value is -0.570. The van der Waals surface area contributed by atoms with Crippen LogP contribution in [0, 0.1) is 5.92 Å². The molecule has 0 saturated carbocycles. The van der Waals surface area contributed by atoms with Gasteiger partial charge in [-0.3, -0.25) is 4.79 Å². The fraction of sp³-hybridized carbons (Fsp3) is 0.933. The number of hydrogen-bond acceptors (Lipinski definition) is 2. The highest BCUT2D eigenvalue weighted by Gasteiger charge is 2.14. The van der Waals surface area contributed by atoms with Crippen LogP contribution in [0.4, 0.5) is 0 Å². The Bertz CT molecular complexity index is 217. The third-order valence-corrected chi connectivity index (χ3v) is 3.10. The smallest absolute Gasteiger partial charge is 0.236 e. The average Bonchev–Trinajstić information content (AvgIpc) is 2.31. The summed E-state index contributed by atoms with van der Waals surface area (Å²) < 4.78 is 0.